The third-order valence-corrected chi connectivity index (χ3v) is 4.32. The number of carbonyl (C=O) groups excluding carboxylic acids is 1. The maximum atomic E-state index is 12.1. The fraction of sp³-hybridized carbons (Fsp3) is 0.474. The lowest BCUT2D eigenvalue weighted by Crippen LogP contribution is -2.31. The van der Waals surface area contributed by atoms with Crippen LogP contribution in [-0.2, 0) is 20.1 Å². The molecule has 6 nitrogen and oxygen atoms in total. The monoisotopic (exact) mass is 344 g/mol. The summed E-state index contributed by atoms with van der Waals surface area (Å²) < 4.78 is 7.15. The number of carbonyl (C=O) groups is 1. The molecule has 2 rings (SSSR count). The third-order valence-electron chi connectivity index (χ3n) is 4.32. The smallest absolute Gasteiger partial charge is 0.251 e. The summed E-state index contributed by atoms with van der Waals surface area (Å²) in [6.07, 6.45) is 0.922. The Morgan fingerprint density at radius 1 is 1.28 bits per heavy atom. The summed E-state index contributed by atoms with van der Waals surface area (Å²) in [5.74, 6) is 0.756. The van der Waals surface area contributed by atoms with Crippen LogP contribution in [0.1, 0.15) is 47.4 Å². The predicted molar refractivity (Wildman–Crippen MR) is 98.7 cm³/mol. The first-order chi connectivity index (χ1) is 12.0. The largest absolute Gasteiger partial charge is 0.481 e. The molecule has 1 amide bonds. The lowest BCUT2D eigenvalue weighted by molar-refractivity contribution is 0.0939. The van der Waals surface area contributed by atoms with E-state index in [4.69, 9.17) is 4.74 Å². The number of rotatable bonds is 8. The van der Waals surface area contributed by atoms with Gasteiger partial charge in [-0.05, 0) is 38.0 Å². The molecule has 136 valence electrons. The van der Waals surface area contributed by atoms with Crippen LogP contribution in [0.3, 0.4) is 0 Å². The Balaban J connectivity index is 1.91. The van der Waals surface area contributed by atoms with Crippen LogP contribution >= 0.6 is 0 Å². The summed E-state index contributed by atoms with van der Waals surface area (Å²) in [5, 5.41) is 10.8. The summed E-state index contributed by atoms with van der Waals surface area (Å²) >= 11 is 0. The van der Waals surface area contributed by atoms with E-state index in [2.05, 4.69) is 22.7 Å². The molecule has 0 aliphatic carbocycles. The van der Waals surface area contributed by atoms with Crippen molar-refractivity contribution in [2.75, 3.05) is 7.11 Å². The maximum absolute atomic E-state index is 12.1. The molecular weight excluding hydrogens is 316 g/mol. The Morgan fingerprint density at radius 2 is 1.96 bits per heavy atom. The number of hydrogen-bond donors (Lipinski definition) is 2. The fourth-order valence-corrected chi connectivity index (χ4v) is 2.65. The number of hydrogen-bond acceptors (Lipinski definition) is 4. The second-order valence-corrected chi connectivity index (χ2v) is 6.28. The molecular formula is C19H28N4O2. The number of benzene rings is 1. The molecule has 25 heavy (non-hydrogen) atoms. The van der Waals surface area contributed by atoms with Crippen molar-refractivity contribution in [2.24, 2.45) is 7.05 Å². The molecule has 2 N–H and O–H groups in total. The van der Waals surface area contributed by atoms with Crippen molar-refractivity contribution in [1.29, 1.82) is 0 Å². The molecule has 0 aliphatic rings. The summed E-state index contributed by atoms with van der Waals surface area (Å²) in [5.41, 5.74) is 3.84. The molecule has 0 unspecified atom stereocenters. The highest BCUT2D eigenvalue weighted by atomic mass is 16.5. The van der Waals surface area contributed by atoms with Gasteiger partial charge in [0.05, 0.1) is 18.4 Å². The quantitative estimate of drug-likeness (QED) is 0.772. The molecule has 1 heterocycles. The number of aromatic nitrogens is 2. The average molecular weight is 344 g/mol. The van der Waals surface area contributed by atoms with Gasteiger partial charge in [0.25, 0.3) is 5.91 Å². The topological polar surface area (TPSA) is 68.2 Å². The highest BCUT2D eigenvalue weighted by Crippen LogP contribution is 2.20. The minimum absolute atomic E-state index is 0.0235. The average Bonchev–Trinajstić information content (AvgIpc) is 2.88. The van der Waals surface area contributed by atoms with Crippen molar-refractivity contribution in [3.8, 4) is 5.88 Å². The number of nitrogens with zero attached hydrogens (tertiary/aromatic N) is 2. The normalized spacial score (nSPS) is 12.0. The molecule has 0 spiro atoms. The van der Waals surface area contributed by atoms with Crippen molar-refractivity contribution in [2.45, 2.75) is 46.3 Å². The molecule has 6 heteroatoms. The molecule has 1 aromatic carbocycles. The summed E-state index contributed by atoms with van der Waals surface area (Å²) in [7, 11) is 3.53. The van der Waals surface area contributed by atoms with Crippen molar-refractivity contribution in [1.82, 2.24) is 20.4 Å². The number of amides is 1. The lowest BCUT2D eigenvalue weighted by Gasteiger charge is -2.12. The van der Waals surface area contributed by atoms with E-state index in [1.165, 1.54) is 0 Å². The molecule has 2 aromatic rings. The molecule has 0 bridgehead atoms. The van der Waals surface area contributed by atoms with E-state index in [1.807, 2.05) is 45.2 Å². The molecule has 1 aromatic heterocycles. The Kier molecular flexibility index (Phi) is 6.58. The molecule has 1 atom stereocenters. The summed E-state index contributed by atoms with van der Waals surface area (Å²) in [6, 6.07) is 7.87. The van der Waals surface area contributed by atoms with Gasteiger partial charge in [-0.1, -0.05) is 19.1 Å². The van der Waals surface area contributed by atoms with Gasteiger partial charge in [-0.15, -0.1) is 0 Å². The first-order valence-corrected chi connectivity index (χ1v) is 8.63. The van der Waals surface area contributed by atoms with Crippen LogP contribution in [0.4, 0.5) is 0 Å². The van der Waals surface area contributed by atoms with E-state index < -0.39 is 0 Å². The Bertz CT molecular complexity index is 707. The van der Waals surface area contributed by atoms with Crippen LogP contribution in [0.5, 0.6) is 5.88 Å². The Hall–Kier alpha value is -2.34. The molecule has 0 saturated carbocycles. The van der Waals surface area contributed by atoms with Crippen molar-refractivity contribution >= 4 is 5.91 Å². The Morgan fingerprint density at radius 3 is 2.56 bits per heavy atom. The van der Waals surface area contributed by atoms with Gasteiger partial charge < -0.3 is 15.4 Å². The van der Waals surface area contributed by atoms with Crippen LogP contribution in [0.25, 0.3) is 0 Å². The summed E-state index contributed by atoms with van der Waals surface area (Å²) in [4.78, 5) is 12.1. The molecule has 0 fully saturated rings. The fourth-order valence-electron chi connectivity index (χ4n) is 2.65. The molecule has 0 aliphatic heterocycles. The van der Waals surface area contributed by atoms with Gasteiger partial charge in [0.15, 0.2) is 0 Å². The van der Waals surface area contributed by atoms with Crippen molar-refractivity contribution in [3.63, 3.8) is 0 Å². The van der Waals surface area contributed by atoms with Gasteiger partial charge in [-0.2, -0.15) is 5.10 Å². The van der Waals surface area contributed by atoms with Gasteiger partial charge in [0.1, 0.15) is 0 Å². The zero-order valence-electron chi connectivity index (χ0n) is 15.7. The zero-order chi connectivity index (χ0) is 18.4. The van der Waals surface area contributed by atoms with Gasteiger partial charge in [-0.25, -0.2) is 4.68 Å². The first-order valence-electron chi connectivity index (χ1n) is 8.63. The van der Waals surface area contributed by atoms with E-state index in [-0.39, 0.29) is 11.9 Å². The Labute approximate surface area is 149 Å². The predicted octanol–water partition coefficient (Wildman–Crippen LogP) is 2.56. The SMILES string of the molecule is CC[C@H](C)NC(=O)c1ccc(CNCc2c(C)nn(C)c2OC)cc1. The van der Waals surface area contributed by atoms with E-state index in [0.29, 0.717) is 18.7 Å². The standard InChI is InChI=1S/C19H28N4O2/c1-6-13(2)21-18(24)16-9-7-15(8-10-16)11-20-12-17-14(3)22-23(4)19(17)25-5/h7-10,13,20H,6,11-12H2,1-5H3,(H,21,24)/t13-/m0/s1. The van der Waals surface area contributed by atoms with Crippen molar-refractivity contribution < 1.29 is 9.53 Å². The maximum Gasteiger partial charge on any atom is 0.251 e. The third kappa shape index (κ3) is 4.82. The first kappa shape index (κ1) is 19.0. The number of nitrogens with one attached hydrogen (secondary N) is 2. The van der Waals surface area contributed by atoms with E-state index in [9.17, 15) is 4.79 Å². The zero-order valence-corrected chi connectivity index (χ0v) is 15.7. The van der Waals surface area contributed by atoms with E-state index in [0.717, 1.165) is 29.1 Å². The van der Waals surface area contributed by atoms with Gasteiger partial charge in [-0.3, -0.25) is 4.79 Å². The van der Waals surface area contributed by atoms with Gasteiger partial charge in [0, 0.05) is 31.7 Å². The minimum atomic E-state index is -0.0235. The van der Waals surface area contributed by atoms with Gasteiger partial charge in [0.2, 0.25) is 5.88 Å². The molecule has 0 radical (unpaired) electrons. The molecule has 0 saturated heterocycles. The number of aryl methyl sites for hydroxylation is 2. The van der Waals surface area contributed by atoms with Crippen LogP contribution in [0.2, 0.25) is 0 Å². The van der Waals surface area contributed by atoms with Crippen LogP contribution in [0, 0.1) is 6.92 Å². The lowest BCUT2D eigenvalue weighted by atomic mass is 10.1. The highest BCUT2D eigenvalue weighted by molar-refractivity contribution is 5.94. The second-order valence-electron chi connectivity index (χ2n) is 6.28. The summed E-state index contributed by atoms with van der Waals surface area (Å²) in [6.45, 7) is 7.43. The number of methoxy groups -OCH3 is 1. The van der Waals surface area contributed by atoms with E-state index in [1.54, 1.807) is 11.8 Å². The second kappa shape index (κ2) is 8.67. The van der Waals surface area contributed by atoms with Crippen molar-refractivity contribution in [3.05, 3.63) is 46.6 Å². The minimum Gasteiger partial charge on any atom is -0.481 e. The number of ether oxygens (including phenoxy) is 1. The van der Waals surface area contributed by atoms with Crippen LogP contribution in [-0.4, -0.2) is 28.8 Å². The van der Waals surface area contributed by atoms with Gasteiger partial charge >= 0.3 is 0 Å². The van der Waals surface area contributed by atoms with E-state index >= 15 is 0 Å². The highest BCUT2D eigenvalue weighted by Gasteiger charge is 2.13. The van der Waals surface area contributed by atoms with Crippen LogP contribution in [0.15, 0.2) is 24.3 Å². The van der Waals surface area contributed by atoms with Crippen LogP contribution < -0.4 is 15.4 Å².